The van der Waals surface area contributed by atoms with Gasteiger partial charge in [0.15, 0.2) is 17.7 Å². The number of tetrazole rings is 1. The molecule has 4 rings (SSSR count). The van der Waals surface area contributed by atoms with Gasteiger partial charge in [-0.1, -0.05) is 6.42 Å². The second kappa shape index (κ2) is 10.3. The molecule has 0 spiro atoms. The summed E-state index contributed by atoms with van der Waals surface area (Å²) in [7, 11) is 0. The second-order valence-electron chi connectivity index (χ2n) is 7.43. The molecule has 4 heterocycles. The van der Waals surface area contributed by atoms with Crippen molar-refractivity contribution < 1.29 is 34.4 Å². The first kappa shape index (κ1) is 22.0. The van der Waals surface area contributed by atoms with Gasteiger partial charge in [0.05, 0.1) is 5.92 Å². The van der Waals surface area contributed by atoms with Gasteiger partial charge in [0.1, 0.15) is 12.7 Å². The summed E-state index contributed by atoms with van der Waals surface area (Å²) < 4.78 is 11.4. The van der Waals surface area contributed by atoms with E-state index >= 15 is 0 Å². The first-order valence-corrected chi connectivity index (χ1v) is 10.1. The lowest BCUT2D eigenvalue weighted by Crippen LogP contribution is -2.38. The van der Waals surface area contributed by atoms with E-state index in [2.05, 4.69) is 25.6 Å². The Kier molecular flexibility index (Phi) is 7.57. The van der Waals surface area contributed by atoms with Crippen LogP contribution in [0, 0.1) is 5.92 Å². The summed E-state index contributed by atoms with van der Waals surface area (Å²) in [5.41, 5.74) is 0. The number of aromatic nitrogens is 4. The van der Waals surface area contributed by atoms with Crippen molar-refractivity contribution in [3.8, 4) is 0 Å². The summed E-state index contributed by atoms with van der Waals surface area (Å²) in [6.07, 6.45) is 3.56. The standard InChI is InChI=1S/C12H17NO7.C6H10N4/c14-7(10-8(15)9(16)12(18)20-10)5-19-11(17)6-2-1-3-13-4-6;1-2-4-6-7-8-9-10(6)5-3-1/h6-7,10,13-16H,1-5H2;1-5H2/t6?,7-,10+;/m0./s1. The fourth-order valence-electron chi connectivity index (χ4n) is 3.45. The highest BCUT2D eigenvalue weighted by molar-refractivity contribution is 5.89. The number of nitrogens with one attached hydrogen (secondary N) is 1. The van der Waals surface area contributed by atoms with Crippen LogP contribution >= 0.6 is 0 Å². The zero-order valence-corrected chi connectivity index (χ0v) is 16.6. The molecule has 3 aliphatic rings. The smallest absolute Gasteiger partial charge is 0.377 e. The van der Waals surface area contributed by atoms with Crippen molar-refractivity contribution >= 4 is 11.9 Å². The number of carbonyl (C=O) groups is 2. The first-order valence-electron chi connectivity index (χ1n) is 10.1. The maximum Gasteiger partial charge on any atom is 0.377 e. The zero-order chi connectivity index (χ0) is 21.5. The lowest BCUT2D eigenvalue weighted by atomic mass is 10.0. The number of aliphatic hydroxyl groups excluding tert-OH is 3. The van der Waals surface area contributed by atoms with E-state index in [1.807, 2.05) is 4.68 Å². The lowest BCUT2D eigenvalue weighted by molar-refractivity contribution is -0.157. The highest BCUT2D eigenvalue weighted by atomic mass is 16.6. The van der Waals surface area contributed by atoms with Crippen molar-refractivity contribution in [1.29, 1.82) is 0 Å². The van der Waals surface area contributed by atoms with Crippen molar-refractivity contribution in [1.82, 2.24) is 25.5 Å². The van der Waals surface area contributed by atoms with Crippen LogP contribution in [0.4, 0.5) is 0 Å². The first-order chi connectivity index (χ1) is 14.5. The van der Waals surface area contributed by atoms with Crippen molar-refractivity contribution in [3.63, 3.8) is 0 Å². The Balaban J connectivity index is 0.000000212. The van der Waals surface area contributed by atoms with E-state index in [4.69, 9.17) is 9.84 Å². The predicted octanol–water partition coefficient (Wildman–Crippen LogP) is -0.457. The number of ether oxygens (including phenoxy) is 2. The molecule has 0 aromatic carbocycles. The molecule has 1 aromatic rings. The summed E-state index contributed by atoms with van der Waals surface area (Å²) in [5.74, 6) is -2.46. The van der Waals surface area contributed by atoms with Crippen molar-refractivity contribution in [2.45, 2.75) is 57.3 Å². The van der Waals surface area contributed by atoms with Gasteiger partial charge in [-0.05, 0) is 42.7 Å². The highest BCUT2D eigenvalue weighted by Crippen LogP contribution is 2.22. The summed E-state index contributed by atoms with van der Waals surface area (Å²) in [6.45, 7) is 1.97. The molecule has 1 aromatic heterocycles. The monoisotopic (exact) mass is 425 g/mol. The molecule has 30 heavy (non-hydrogen) atoms. The number of aryl methyl sites for hydroxylation is 2. The topological polar surface area (TPSA) is 169 Å². The third-order valence-electron chi connectivity index (χ3n) is 5.19. The lowest BCUT2D eigenvalue weighted by Gasteiger charge is -2.22. The molecule has 0 amide bonds. The molecule has 0 saturated carbocycles. The molecule has 0 aliphatic carbocycles. The number of esters is 2. The minimum atomic E-state index is -1.43. The number of aliphatic hydroxyl groups is 3. The van der Waals surface area contributed by atoms with Gasteiger partial charge < -0.3 is 30.1 Å². The van der Waals surface area contributed by atoms with E-state index in [0.29, 0.717) is 13.0 Å². The van der Waals surface area contributed by atoms with Crippen LogP contribution in [0.25, 0.3) is 0 Å². The number of hydrogen-bond donors (Lipinski definition) is 4. The summed E-state index contributed by atoms with van der Waals surface area (Å²) in [4.78, 5) is 22.7. The molecule has 4 N–H and O–H groups in total. The molecule has 12 heteroatoms. The quantitative estimate of drug-likeness (QED) is 0.461. The van der Waals surface area contributed by atoms with E-state index in [0.717, 1.165) is 31.8 Å². The van der Waals surface area contributed by atoms with Crippen LogP contribution in [0.5, 0.6) is 0 Å². The molecule has 1 saturated heterocycles. The molecule has 0 bridgehead atoms. The SMILES string of the molecule is C1CCc2nnnn2CC1.O=C1O[C@H]([C@@H](O)COC(=O)C2CCCNC2)C(O)=C1O. The molecule has 3 aliphatic heterocycles. The maximum atomic E-state index is 11.7. The second-order valence-corrected chi connectivity index (χ2v) is 7.43. The van der Waals surface area contributed by atoms with Crippen LogP contribution in [0.2, 0.25) is 0 Å². The van der Waals surface area contributed by atoms with E-state index in [9.17, 15) is 19.8 Å². The Bertz CT molecular complexity index is 754. The summed E-state index contributed by atoms with van der Waals surface area (Å²) in [5, 5.41) is 42.7. The predicted molar refractivity (Wildman–Crippen MR) is 100 cm³/mol. The van der Waals surface area contributed by atoms with Crippen LogP contribution in [0.1, 0.15) is 37.9 Å². The maximum absolute atomic E-state index is 11.7. The third-order valence-corrected chi connectivity index (χ3v) is 5.19. The summed E-state index contributed by atoms with van der Waals surface area (Å²) in [6, 6.07) is 0. The van der Waals surface area contributed by atoms with E-state index in [-0.39, 0.29) is 5.92 Å². The number of nitrogens with zero attached hydrogens (tertiary/aromatic N) is 4. The largest absolute Gasteiger partial charge is 0.505 e. The van der Waals surface area contributed by atoms with Gasteiger partial charge in [0, 0.05) is 19.5 Å². The van der Waals surface area contributed by atoms with Gasteiger partial charge in [-0.2, -0.15) is 0 Å². The molecule has 0 radical (unpaired) electrons. The Morgan fingerprint density at radius 1 is 1.30 bits per heavy atom. The molecule has 3 atom stereocenters. The Morgan fingerprint density at radius 2 is 2.13 bits per heavy atom. The van der Waals surface area contributed by atoms with Crippen molar-refractivity contribution in [2.24, 2.45) is 5.92 Å². The van der Waals surface area contributed by atoms with Crippen LogP contribution in [-0.4, -0.2) is 79.4 Å². The Labute approximate surface area is 172 Å². The minimum Gasteiger partial charge on any atom is -0.505 e. The van der Waals surface area contributed by atoms with Crippen LogP contribution in [0.15, 0.2) is 11.5 Å². The van der Waals surface area contributed by atoms with Gasteiger partial charge >= 0.3 is 11.9 Å². The number of carbonyl (C=O) groups excluding carboxylic acids is 2. The molecular weight excluding hydrogens is 398 g/mol. The van der Waals surface area contributed by atoms with Crippen molar-refractivity contribution in [3.05, 3.63) is 17.3 Å². The third kappa shape index (κ3) is 5.45. The van der Waals surface area contributed by atoms with Gasteiger partial charge in [-0.15, -0.1) is 5.10 Å². The van der Waals surface area contributed by atoms with Crippen molar-refractivity contribution in [2.75, 3.05) is 19.7 Å². The van der Waals surface area contributed by atoms with Crippen LogP contribution < -0.4 is 5.32 Å². The average Bonchev–Trinajstić information content (AvgIpc) is 3.23. The van der Waals surface area contributed by atoms with Gasteiger partial charge in [-0.25, -0.2) is 9.48 Å². The van der Waals surface area contributed by atoms with E-state index < -0.39 is 42.3 Å². The average molecular weight is 425 g/mol. The fraction of sp³-hybridized carbons (Fsp3) is 0.722. The van der Waals surface area contributed by atoms with Crippen LogP contribution in [0.3, 0.4) is 0 Å². The number of hydrogen-bond acceptors (Lipinski definition) is 11. The molecule has 1 fully saturated rings. The fourth-order valence-corrected chi connectivity index (χ4v) is 3.45. The highest BCUT2D eigenvalue weighted by Gasteiger charge is 2.40. The van der Waals surface area contributed by atoms with Gasteiger partial charge in [-0.3, -0.25) is 4.79 Å². The zero-order valence-electron chi connectivity index (χ0n) is 16.6. The number of rotatable bonds is 4. The Hall–Kier alpha value is -2.73. The summed E-state index contributed by atoms with van der Waals surface area (Å²) >= 11 is 0. The molecular formula is C18H27N5O7. The molecule has 12 nitrogen and oxygen atoms in total. The number of cyclic esters (lactones) is 1. The van der Waals surface area contributed by atoms with Gasteiger partial charge in [0.2, 0.25) is 5.76 Å². The van der Waals surface area contributed by atoms with E-state index in [1.165, 1.54) is 19.3 Å². The Morgan fingerprint density at radius 3 is 2.83 bits per heavy atom. The molecule has 166 valence electrons. The van der Waals surface area contributed by atoms with Gasteiger partial charge in [0.25, 0.3) is 0 Å². The van der Waals surface area contributed by atoms with E-state index in [1.54, 1.807) is 0 Å². The minimum absolute atomic E-state index is 0.264. The molecule has 1 unspecified atom stereocenters. The number of piperidine rings is 1. The number of fused-ring (bicyclic) bond motifs is 1. The normalized spacial score (nSPS) is 24.8. The van der Waals surface area contributed by atoms with Crippen LogP contribution in [-0.2, 0) is 32.0 Å².